The summed E-state index contributed by atoms with van der Waals surface area (Å²) in [5, 5.41) is 11.4. The van der Waals surface area contributed by atoms with Crippen LogP contribution in [0.2, 0.25) is 10.0 Å². The lowest BCUT2D eigenvalue weighted by atomic mass is 9.90. The van der Waals surface area contributed by atoms with Crippen molar-refractivity contribution in [3.8, 4) is 0 Å². The number of aliphatic hydroxyl groups is 1. The van der Waals surface area contributed by atoms with E-state index < -0.39 is 11.9 Å². The van der Waals surface area contributed by atoms with E-state index in [1.165, 1.54) is 0 Å². The third-order valence-corrected chi connectivity index (χ3v) is 7.91. The van der Waals surface area contributed by atoms with E-state index in [1.807, 2.05) is 6.07 Å². The zero-order valence-corrected chi connectivity index (χ0v) is 19.1. The number of carbonyl (C=O) groups is 2. The summed E-state index contributed by atoms with van der Waals surface area (Å²) in [6.07, 6.45) is 3.71. The molecule has 3 N–H and O–H groups in total. The number of hydrogen-bond donors (Lipinski definition) is 2. The zero-order chi connectivity index (χ0) is 22.2. The van der Waals surface area contributed by atoms with Gasteiger partial charge < -0.3 is 25.5 Å². The van der Waals surface area contributed by atoms with E-state index in [1.54, 1.807) is 17.0 Å². The van der Waals surface area contributed by atoms with Crippen molar-refractivity contribution in [1.29, 1.82) is 0 Å². The average Bonchev–Trinajstić information content (AvgIpc) is 3.53. The van der Waals surface area contributed by atoms with E-state index in [0.29, 0.717) is 55.6 Å². The van der Waals surface area contributed by atoms with Crippen molar-refractivity contribution in [1.82, 2.24) is 9.80 Å². The Morgan fingerprint density at radius 1 is 1.16 bits per heavy atom. The van der Waals surface area contributed by atoms with E-state index in [0.717, 1.165) is 31.5 Å². The molecule has 1 aromatic rings. The van der Waals surface area contributed by atoms with Gasteiger partial charge in [-0.05, 0) is 55.8 Å². The second-order valence-corrected chi connectivity index (χ2v) is 9.87. The minimum atomic E-state index is -0.643. The second kappa shape index (κ2) is 9.14. The average molecular weight is 469 g/mol. The molecular weight excluding hydrogens is 439 g/mol. The molecule has 0 radical (unpaired) electrons. The van der Waals surface area contributed by atoms with E-state index in [-0.39, 0.29) is 17.4 Å². The highest BCUT2D eigenvalue weighted by molar-refractivity contribution is 6.42. The van der Waals surface area contributed by atoms with E-state index in [4.69, 9.17) is 28.9 Å². The smallest absolute Gasteiger partial charge is 0.240 e. The first-order valence-electron chi connectivity index (χ1n) is 11.0. The summed E-state index contributed by atoms with van der Waals surface area (Å²) in [6.45, 7) is 3.73. The SMILES string of the molecule is NC(=O)C(CCN1CCC2(CC2)C(O)C1)N1CCN(c2ccc(Cl)c(Cl)c2)CCC1=O. The predicted octanol–water partition coefficient (Wildman–Crippen LogP) is 2.12. The summed E-state index contributed by atoms with van der Waals surface area (Å²) in [5.74, 6) is -0.547. The lowest BCUT2D eigenvalue weighted by Gasteiger charge is -2.37. The molecule has 3 fully saturated rings. The fourth-order valence-electron chi connectivity index (χ4n) is 4.89. The van der Waals surface area contributed by atoms with Gasteiger partial charge in [0.2, 0.25) is 11.8 Å². The molecule has 31 heavy (non-hydrogen) atoms. The van der Waals surface area contributed by atoms with Gasteiger partial charge >= 0.3 is 0 Å². The van der Waals surface area contributed by atoms with Crippen LogP contribution in [0.4, 0.5) is 5.69 Å². The number of piperidine rings is 1. The first-order chi connectivity index (χ1) is 14.8. The van der Waals surface area contributed by atoms with Crippen molar-refractivity contribution in [3.63, 3.8) is 0 Å². The minimum Gasteiger partial charge on any atom is -0.391 e. The Hall–Kier alpha value is -1.54. The maximum Gasteiger partial charge on any atom is 0.240 e. The molecule has 9 heteroatoms. The topological polar surface area (TPSA) is 90.1 Å². The van der Waals surface area contributed by atoms with Gasteiger partial charge in [0.25, 0.3) is 0 Å². The molecule has 2 aliphatic heterocycles. The number of nitrogens with two attached hydrogens (primary N) is 1. The highest BCUT2D eigenvalue weighted by Crippen LogP contribution is 2.53. The van der Waals surface area contributed by atoms with E-state index in [9.17, 15) is 14.7 Å². The Morgan fingerprint density at radius 2 is 1.94 bits per heavy atom. The molecule has 1 aliphatic carbocycles. The highest BCUT2D eigenvalue weighted by atomic mass is 35.5. The number of nitrogens with zero attached hydrogens (tertiary/aromatic N) is 3. The lowest BCUT2D eigenvalue weighted by molar-refractivity contribution is -0.139. The van der Waals surface area contributed by atoms with Gasteiger partial charge in [0.15, 0.2) is 0 Å². The number of β-amino-alcohol motifs (C(OH)–C–C–N with tert-alkyl or cyclic N) is 1. The molecule has 170 valence electrons. The molecule has 0 aromatic heterocycles. The number of anilines is 1. The Bertz CT molecular complexity index is 848. The zero-order valence-electron chi connectivity index (χ0n) is 17.6. The molecule has 2 atom stereocenters. The molecule has 2 unspecified atom stereocenters. The van der Waals surface area contributed by atoms with Crippen LogP contribution in [0.3, 0.4) is 0 Å². The fourth-order valence-corrected chi connectivity index (χ4v) is 5.18. The summed E-state index contributed by atoms with van der Waals surface area (Å²) >= 11 is 12.2. The summed E-state index contributed by atoms with van der Waals surface area (Å²) in [4.78, 5) is 31.0. The van der Waals surface area contributed by atoms with Gasteiger partial charge in [-0.1, -0.05) is 23.2 Å². The van der Waals surface area contributed by atoms with Crippen LogP contribution in [0, 0.1) is 5.41 Å². The van der Waals surface area contributed by atoms with Crippen molar-refractivity contribution in [2.75, 3.05) is 44.2 Å². The molecule has 1 saturated carbocycles. The first kappa shape index (κ1) is 22.6. The normalized spacial score (nSPS) is 24.9. The number of rotatable bonds is 6. The summed E-state index contributed by atoms with van der Waals surface area (Å²) in [6, 6.07) is 4.78. The van der Waals surface area contributed by atoms with Gasteiger partial charge in [-0.15, -0.1) is 0 Å². The van der Waals surface area contributed by atoms with Crippen LogP contribution in [-0.4, -0.2) is 78.1 Å². The molecule has 1 aromatic carbocycles. The molecule has 4 rings (SSSR count). The Morgan fingerprint density at radius 3 is 2.58 bits per heavy atom. The molecule has 2 amide bonds. The number of likely N-dealkylation sites (tertiary alicyclic amines) is 1. The molecule has 2 saturated heterocycles. The fraction of sp³-hybridized carbons (Fsp3) is 0.636. The maximum absolute atomic E-state index is 12.8. The molecule has 3 aliphatic rings. The van der Waals surface area contributed by atoms with Crippen LogP contribution < -0.4 is 10.6 Å². The third kappa shape index (κ3) is 4.95. The number of hydrogen-bond acceptors (Lipinski definition) is 5. The van der Waals surface area contributed by atoms with Gasteiger partial charge in [-0.25, -0.2) is 0 Å². The van der Waals surface area contributed by atoms with Gasteiger partial charge in [-0.2, -0.15) is 0 Å². The maximum atomic E-state index is 12.8. The second-order valence-electron chi connectivity index (χ2n) is 9.06. The highest BCUT2D eigenvalue weighted by Gasteiger charge is 2.51. The van der Waals surface area contributed by atoms with Crippen LogP contribution in [-0.2, 0) is 9.59 Å². The summed E-state index contributed by atoms with van der Waals surface area (Å²) < 4.78 is 0. The van der Waals surface area contributed by atoms with E-state index in [2.05, 4.69) is 9.80 Å². The van der Waals surface area contributed by atoms with Crippen molar-refractivity contribution in [3.05, 3.63) is 28.2 Å². The van der Waals surface area contributed by atoms with Gasteiger partial charge in [0.05, 0.1) is 16.1 Å². The number of primary amides is 1. The largest absolute Gasteiger partial charge is 0.391 e. The number of aliphatic hydroxyl groups excluding tert-OH is 1. The number of amides is 2. The number of benzene rings is 1. The third-order valence-electron chi connectivity index (χ3n) is 7.17. The Kier molecular flexibility index (Phi) is 6.68. The van der Waals surface area contributed by atoms with Crippen molar-refractivity contribution < 1.29 is 14.7 Å². The minimum absolute atomic E-state index is 0.0676. The van der Waals surface area contributed by atoms with Crippen LogP contribution in [0.1, 0.15) is 32.1 Å². The summed E-state index contributed by atoms with van der Waals surface area (Å²) in [7, 11) is 0. The summed E-state index contributed by atoms with van der Waals surface area (Å²) in [5.41, 5.74) is 6.76. The van der Waals surface area contributed by atoms with Crippen molar-refractivity contribution in [2.24, 2.45) is 11.1 Å². The van der Waals surface area contributed by atoms with Crippen LogP contribution in [0.5, 0.6) is 0 Å². The Labute approximate surface area is 193 Å². The first-order valence-corrected chi connectivity index (χ1v) is 11.7. The van der Waals surface area contributed by atoms with Gasteiger partial charge in [0.1, 0.15) is 6.04 Å². The van der Waals surface area contributed by atoms with Gasteiger partial charge in [-0.3, -0.25) is 9.59 Å². The molecule has 7 nitrogen and oxygen atoms in total. The van der Waals surface area contributed by atoms with Crippen LogP contribution >= 0.6 is 23.2 Å². The number of carbonyl (C=O) groups excluding carboxylic acids is 2. The molecule has 1 spiro atoms. The van der Waals surface area contributed by atoms with Crippen molar-refractivity contribution in [2.45, 2.75) is 44.2 Å². The van der Waals surface area contributed by atoms with Crippen LogP contribution in [0.25, 0.3) is 0 Å². The monoisotopic (exact) mass is 468 g/mol. The molecular formula is C22H30Cl2N4O3. The lowest BCUT2D eigenvalue weighted by Crippen LogP contribution is -2.51. The Balaban J connectivity index is 1.37. The van der Waals surface area contributed by atoms with Crippen LogP contribution in [0.15, 0.2) is 18.2 Å². The molecule has 2 heterocycles. The predicted molar refractivity (Wildman–Crippen MR) is 121 cm³/mol. The molecule has 0 bridgehead atoms. The van der Waals surface area contributed by atoms with Crippen molar-refractivity contribution >= 4 is 40.7 Å². The number of halogens is 2. The van der Waals surface area contributed by atoms with E-state index >= 15 is 0 Å². The van der Waals surface area contributed by atoms with Gasteiger partial charge in [0, 0.05) is 44.8 Å². The standard InChI is InChI=1S/C22H30Cl2N4O3/c23-16-2-1-15(13-17(16)24)27-9-4-20(30)28(12-11-27)18(21(25)31)3-8-26-10-7-22(5-6-22)19(29)14-26/h1-2,13,18-19,29H,3-12,14H2,(H2,25,31). The quantitative estimate of drug-likeness (QED) is 0.667.